The van der Waals surface area contributed by atoms with Gasteiger partial charge in [0, 0.05) is 6.54 Å². The Labute approximate surface area is 70.6 Å². The molecule has 66 valence electrons. The maximum atomic E-state index is 3.44. The van der Waals surface area contributed by atoms with Crippen molar-refractivity contribution in [1.82, 2.24) is 5.32 Å². The van der Waals surface area contributed by atoms with Gasteiger partial charge in [-0.3, -0.25) is 0 Å². The van der Waals surface area contributed by atoms with Crippen LogP contribution in [0.2, 0.25) is 0 Å². The van der Waals surface area contributed by atoms with E-state index in [1.807, 2.05) is 0 Å². The predicted molar refractivity (Wildman–Crippen MR) is 49.7 cm³/mol. The standard InChI is InChI=1S/C10H21N/c1-9(2)4-5-10(3)6-7-11-8-10/h9,11H,4-8H2,1-3H3. The molecule has 0 aromatic carbocycles. The average molecular weight is 155 g/mol. The Morgan fingerprint density at radius 2 is 2.18 bits per heavy atom. The van der Waals surface area contributed by atoms with Gasteiger partial charge in [-0.05, 0) is 30.7 Å². The molecule has 11 heavy (non-hydrogen) atoms. The van der Waals surface area contributed by atoms with Gasteiger partial charge in [-0.25, -0.2) is 0 Å². The van der Waals surface area contributed by atoms with E-state index in [1.165, 1.54) is 32.4 Å². The zero-order valence-electron chi connectivity index (χ0n) is 8.11. The molecule has 1 nitrogen and oxygen atoms in total. The predicted octanol–water partition coefficient (Wildman–Crippen LogP) is 2.42. The van der Waals surface area contributed by atoms with Crippen LogP contribution in [0, 0.1) is 11.3 Å². The zero-order valence-corrected chi connectivity index (χ0v) is 8.11. The summed E-state index contributed by atoms with van der Waals surface area (Å²) in [4.78, 5) is 0. The van der Waals surface area contributed by atoms with Gasteiger partial charge in [-0.15, -0.1) is 0 Å². The molecule has 1 heteroatoms. The minimum Gasteiger partial charge on any atom is -0.316 e. The highest BCUT2D eigenvalue weighted by molar-refractivity contribution is 4.83. The van der Waals surface area contributed by atoms with Crippen LogP contribution in [0.5, 0.6) is 0 Å². The van der Waals surface area contributed by atoms with Gasteiger partial charge in [0.1, 0.15) is 0 Å². The first kappa shape index (κ1) is 9.05. The van der Waals surface area contributed by atoms with E-state index in [0.29, 0.717) is 5.41 Å². The van der Waals surface area contributed by atoms with Crippen molar-refractivity contribution >= 4 is 0 Å². The summed E-state index contributed by atoms with van der Waals surface area (Å²) in [6.07, 6.45) is 4.16. The van der Waals surface area contributed by atoms with E-state index in [-0.39, 0.29) is 0 Å². The lowest BCUT2D eigenvalue weighted by Gasteiger charge is -2.23. The molecular formula is C10H21N. The summed E-state index contributed by atoms with van der Waals surface area (Å²) in [6.45, 7) is 9.50. The van der Waals surface area contributed by atoms with Crippen molar-refractivity contribution in [2.45, 2.75) is 40.0 Å². The van der Waals surface area contributed by atoms with Crippen molar-refractivity contribution in [2.75, 3.05) is 13.1 Å². The van der Waals surface area contributed by atoms with Crippen LogP contribution in [0.15, 0.2) is 0 Å². The fourth-order valence-electron chi connectivity index (χ4n) is 1.72. The zero-order chi connectivity index (χ0) is 8.32. The molecule has 1 atom stereocenters. The second kappa shape index (κ2) is 3.57. The molecule has 0 radical (unpaired) electrons. The van der Waals surface area contributed by atoms with Crippen LogP contribution in [-0.2, 0) is 0 Å². The molecule has 0 aromatic rings. The number of hydrogen-bond acceptors (Lipinski definition) is 1. The summed E-state index contributed by atoms with van der Waals surface area (Å²) in [6, 6.07) is 0. The first-order valence-electron chi connectivity index (χ1n) is 4.83. The van der Waals surface area contributed by atoms with E-state index >= 15 is 0 Å². The van der Waals surface area contributed by atoms with Crippen molar-refractivity contribution in [3.05, 3.63) is 0 Å². The lowest BCUT2D eigenvalue weighted by atomic mass is 9.83. The fraction of sp³-hybridized carbons (Fsp3) is 1.00. The van der Waals surface area contributed by atoms with Crippen LogP contribution in [0.3, 0.4) is 0 Å². The Kier molecular flexibility index (Phi) is 2.94. The van der Waals surface area contributed by atoms with Gasteiger partial charge in [0.2, 0.25) is 0 Å². The maximum absolute atomic E-state index is 3.44. The van der Waals surface area contributed by atoms with Crippen LogP contribution in [-0.4, -0.2) is 13.1 Å². The molecule has 1 fully saturated rings. The summed E-state index contributed by atoms with van der Waals surface area (Å²) in [5, 5.41) is 3.44. The molecule has 1 unspecified atom stereocenters. The van der Waals surface area contributed by atoms with Crippen molar-refractivity contribution in [3.8, 4) is 0 Å². The molecule has 1 rings (SSSR count). The fourth-order valence-corrected chi connectivity index (χ4v) is 1.72. The van der Waals surface area contributed by atoms with Crippen molar-refractivity contribution in [2.24, 2.45) is 11.3 Å². The molecule has 0 aromatic heterocycles. The van der Waals surface area contributed by atoms with Gasteiger partial charge >= 0.3 is 0 Å². The summed E-state index contributed by atoms with van der Waals surface area (Å²) in [7, 11) is 0. The second-order valence-corrected chi connectivity index (χ2v) is 4.67. The normalized spacial score (nSPS) is 31.6. The molecule has 1 saturated heterocycles. The molecule has 0 saturated carbocycles. The highest BCUT2D eigenvalue weighted by Crippen LogP contribution is 2.31. The van der Waals surface area contributed by atoms with Crippen LogP contribution in [0.4, 0.5) is 0 Å². The van der Waals surface area contributed by atoms with E-state index < -0.39 is 0 Å². The van der Waals surface area contributed by atoms with E-state index in [2.05, 4.69) is 26.1 Å². The molecule has 0 spiro atoms. The third-order valence-electron chi connectivity index (χ3n) is 2.78. The Morgan fingerprint density at radius 1 is 1.45 bits per heavy atom. The molecule has 1 aliphatic heterocycles. The van der Waals surface area contributed by atoms with E-state index in [4.69, 9.17) is 0 Å². The first-order chi connectivity index (χ1) is 5.12. The van der Waals surface area contributed by atoms with Crippen LogP contribution in [0.1, 0.15) is 40.0 Å². The number of nitrogens with one attached hydrogen (secondary N) is 1. The van der Waals surface area contributed by atoms with Crippen molar-refractivity contribution < 1.29 is 0 Å². The summed E-state index contributed by atoms with van der Waals surface area (Å²) < 4.78 is 0. The first-order valence-corrected chi connectivity index (χ1v) is 4.83. The lowest BCUT2D eigenvalue weighted by molar-refractivity contribution is 0.303. The Bertz CT molecular complexity index is 112. The SMILES string of the molecule is CC(C)CCC1(C)CCNC1. The molecular weight excluding hydrogens is 134 g/mol. The molecule has 0 aliphatic carbocycles. The van der Waals surface area contributed by atoms with Gasteiger partial charge in [-0.1, -0.05) is 27.2 Å². The minimum atomic E-state index is 0.615. The summed E-state index contributed by atoms with van der Waals surface area (Å²) in [5.41, 5.74) is 0.615. The largest absolute Gasteiger partial charge is 0.316 e. The van der Waals surface area contributed by atoms with Crippen molar-refractivity contribution in [3.63, 3.8) is 0 Å². The number of hydrogen-bond donors (Lipinski definition) is 1. The van der Waals surface area contributed by atoms with E-state index in [9.17, 15) is 0 Å². The smallest absolute Gasteiger partial charge is 0.000564 e. The second-order valence-electron chi connectivity index (χ2n) is 4.67. The molecule has 1 N–H and O–H groups in total. The van der Waals surface area contributed by atoms with Crippen molar-refractivity contribution in [1.29, 1.82) is 0 Å². The quantitative estimate of drug-likeness (QED) is 0.660. The van der Waals surface area contributed by atoms with Gasteiger partial charge in [0.15, 0.2) is 0 Å². The van der Waals surface area contributed by atoms with Gasteiger partial charge in [0.25, 0.3) is 0 Å². The van der Waals surface area contributed by atoms with Crippen LogP contribution >= 0.6 is 0 Å². The van der Waals surface area contributed by atoms with Gasteiger partial charge in [-0.2, -0.15) is 0 Å². The van der Waals surface area contributed by atoms with E-state index in [1.54, 1.807) is 0 Å². The Morgan fingerprint density at radius 3 is 2.64 bits per heavy atom. The Hall–Kier alpha value is -0.0400. The lowest BCUT2D eigenvalue weighted by Crippen LogP contribution is -2.20. The highest BCUT2D eigenvalue weighted by Gasteiger charge is 2.27. The monoisotopic (exact) mass is 155 g/mol. The summed E-state index contributed by atoms with van der Waals surface area (Å²) in [5.74, 6) is 0.868. The highest BCUT2D eigenvalue weighted by atomic mass is 14.9. The number of rotatable bonds is 3. The summed E-state index contributed by atoms with van der Waals surface area (Å²) >= 11 is 0. The van der Waals surface area contributed by atoms with Crippen LogP contribution in [0.25, 0.3) is 0 Å². The Balaban J connectivity index is 2.23. The third kappa shape index (κ3) is 2.82. The molecule has 0 bridgehead atoms. The van der Waals surface area contributed by atoms with Gasteiger partial charge in [0.05, 0.1) is 0 Å². The maximum Gasteiger partial charge on any atom is 0.000564 e. The topological polar surface area (TPSA) is 12.0 Å². The van der Waals surface area contributed by atoms with Crippen LogP contribution < -0.4 is 5.32 Å². The third-order valence-corrected chi connectivity index (χ3v) is 2.78. The van der Waals surface area contributed by atoms with Gasteiger partial charge < -0.3 is 5.32 Å². The molecule has 0 amide bonds. The molecule has 1 aliphatic rings. The average Bonchev–Trinajstić information content (AvgIpc) is 2.33. The minimum absolute atomic E-state index is 0.615. The molecule has 1 heterocycles. The van der Waals surface area contributed by atoms with E-state index in [0.717, 1.165) is 5.92 Å².